The fraction of sp³-hybridized carbons (Fsp3) is 0.381. The van der Waals surface area contributed by atoms with Crippen LogP contribution in [0.4, 0.5) is 13.2 Å². The number of fused-ring (bicyclic) bond motifs is 1. The first-order valence-electron chi connectivity index (χ1n) is 9.95. The number of aromatic hydroxyl groups is 1. The fourth-order valence-corrected chi connectivity index (χ4v) is 4.41. The van der Waals surface area contributed by atoms with Crippen molar-refractivity contribution in [2.75, 3.05) is 13.2 Å². The van der Waals surface area contributed by atoms with E-state index in [4.69, 9.17) is 4.74 Å². The van der Waals surface area contributed by atoms with E-state index in [1.165, 1.54) is 11.8 Å². The van der Waals surface area contributed by atoms with E-state index in [9.17, 15) is 32.7 Å². The number of ether oxygens (including phenoxy) is 1. The Kier molecular flexibility index (Phi) is 5.68. The highest BCUT2D eigenvalue weighted by molar-refractivity contribution is 5.95. The lowest BCUT2D eigenvalue weighted by Crippen LogP contribution is -2.37. The molecule has 32 heavy (non-hydrogen) atoms. The molecule has 0 radical (unpaired) electrons. The topological polar surface area (TPSA) is 101 Å². The molecule has 2 aliphatic heterocycles. The van der Waals surface area contributed by atoms with Gasteiger partial charge in [-0.1, -0.05) is 0 Å². The fourth-order valence-electron chi connectivity index (χ4n) is 4.41. The number of pyridine rings is 1. The summed E-state index contributed by atoms with van der Waals surface area (Å²) >= 11 is 0. The number of aromatic nitrogens is 1. The van der Waals surface area contributed by atoms with Crippen molar-refractivity contribution in [3.05, 3.63) is 62.3 Å². The van der Waals surface area contributed by atoms with Crippen molar-refractivity contribution in [2.24, 2.45) is 0 Å². The lowest BCUT2D eigenvalue weighted by molar-refractivity contribution is -0.124. The first kappa shape index (κ1) is 21.9. The Labute approximate surface area is 180 Å². The van der Waals surface area contributed by atoms with Gasteiger partial charge >= 0.3 is 0 Å². The molecule has 1 fully saturated rings. The number of nitrogens with one attached hydrogen (secondary N) is 1. The maximum Gasteiger partial charge on any atom is 0.257 e. The minimum absolute atomic E-state index is 0.223. The zero-order valence-electron chi connectivity index (χ0n) is 17.0. The van der Waals surface area contributed by atoms with E-state index < -0.39 is 58.9 Å². The van der Waals surface area contributed by atoms with Gasteiger partial charge < -0.3 is 24.6 Å². The maximum absolute atomic E-state index is 13.9. The molecule has 3 heterocycles. The first-order valence-corrected chi connectivity index (χ1v) is 9.95. The van der Waals surface area contributed by atoms with E-state index in [0.717, 1.165) is 0 Å². The summed E-state index contributed by atoms with van der Waals surface area (Å²) in [7, 11) is 0. The zero-order chi connectivity index (χ0) is 23.2. The molecule has 1 aromatic heterocycles. The Morgan fingerprint density at radius 1 is 1.31 bits per heavy atom. The van der Waals surface area contributed by atoms with Crippen molar-refractivity contribution in [1.29, 1.82) is 0 Å². The predicted octanol–water partition coefficient (Wildman–Crippen LogP) is 1.51. The van der Waals surface area contributed by atoms with E-state index in [1.807, 2.05) is 0 Å². The largest absolute Gasteiger partial charge is 0.503 e. The molecule has 0 saturated carbocycles. The number of hydrogen-bond acceptors (Lipinski definition) is 5. The predicted molar refractivity (Wildman–Crippen MR) is 104 cm³/mol. The molecular formula is C21H20F3N3O5. The molecular weight excluding hydrogens is 431 g/mol. The standard InChI is InChI=1S/C21H20F3N3O5/c1-10-18(29)19(30)17(20(31)25-8-12-13(23)6-11(22)7-14(12)24)15-2-3-16(27(10)15)21-26(9-28)4-5-32-21/h6-7,9,16,21,29H,2-5,8H2,1H3,(H,25,31). The number of hydrogen-bond donors (Lipinski definition) is 2. The summed E-state index contributed by atoms with van der Waals surface area (Å²) in [6.07, 6.45) is 0.774. The van der Waals surface area contributed by atoms with Crippen LogP contribution in [0, 0.1) is 24.4 Å². The van der Waals surface area contributed by atoms with Gasteiger partial charge in [-0.15, -0.1) is 0 Å². The summed E-state index contributed by atoms with van der Waals surface area (Å²) in [6, 6.07) is 0.544. The number of halogens is 3. The van der Waals surface area contributed by atoms with E-state index in [2.05, 4.69) is 5.32 Å². The highest BCUT2D eigenvalue weighted by Crippen LogP contribution is 2.37. The molecule has 2 aliphatic rings. The molecule has 2 aromatic rings. The Balaban J connectivity index is 1.68. The van der Waals surface area contributed by atoms with Crippen LogP contribution in [0.1, 0.15) is 39.8 Å². The van der Waals surface area contributed by atoms with Gasteiger partial charge in [0.15, 0.2) is 12.0 Å². The second-order valence-corrected chi connectivity index (χ2v) is 7.70. The summed E-state index contributed by atoms with van der Waals surface area (Å²) in [4.78, 5) is 38.4. The van der Waals surface area contributed by atoms with Crippen molar-refractivity contribution in [2.45, 2.75) is 38.6 Å². The van der Waals surface area contributed by atoms with E-state index in [-0.39, 0.29) is 17.7 Å². The third kappa shape index (κ3) is 3.52. The molecule has 2 N–H and O–H groups in total. The first-order chi connectivity index (χ1) is 15.2. The minimum atomic E-state index is -1.18. The number of carbonyl (C=O) groups excluding carboxylic acids is 2. The van der Waals surface area contributed by atoms with Crippen LogP contribution < -0.4 is 10.7 Å². The van der Waals surface area contributed by atoms with Crippen molar-refractivity contribution in [1.82, 2.24) is 14.8 Å². The van der Waals surface area contributed by atoms with Crippen molar-refractivity contribution >= 4 is 12.3 Å². The molecule has 0 spiro atoms. The molecule has 0 bridgehead atoms. The summed E-state index contributed by atoms with van der Waals surface area (Å²) in [5, 5.41) is 12.7. The molecule has 0 aliphatic carbocycles. The van der Waals surface area contributed by atoms with Gasteiger partial charge in [-0.2, -0.15) is 0 Å². The van der Waals surface area contributed by atoms with Gasteiger partial charge in [-0.3, -0.25) is 14.4 Å². The summed E-state index contributed by atoms with van der Waals surface area (Å²) in [6.45, 7) is 1.62. The lowest BCUT2D eigenvalue weighted by atomic mass is 10.1. The Morgan fingerprint density at radius 2 is 2.00 bits per heavy atom. The Hall–Kier alpha value is -3.34. The zero-order valence-corrected chi connectivity index (χ0v) is 17.0. The van der Waals surface area contributed by atoms with Gasteiger partial charge in [0.2, 0.25) is 11.8 Å². The van der Waals surface area contributed by atoms with E-state index >= 15 is 0 Å². The SMILES string of the molecule is Cc1c(O)c(=O)c(C(=O)NCc2c(F)cc(F)cc2F)c2n1C(C1OCCN1C=O)CC2. The number of nitrogens with zero attached hydrogens (tertiary/aromatic N) is 2. The number of amides is 2. The minimum Gasteiger partial charge on any atom is -0.503 e. The van der Waals surface area contributed by atoms with Crippen molar-refractivity contribution in [3.8, 4) is 5.75 Å². The van der Waals surface area contributed by atoms with Gasteiger partial charge in [-0.25, -0.2) is 13.2 Å². The van der Waals surface area contributed by atoms with Crippen LogP contribution in [0.15, 0.2) is 16.9 Å². The molecule has 2 amide bonds. The third-order valence-electron chi connectivity index (χ3n) is 5.92. The van der Waals surface area contributed by atoms with Gasteiger partial charge in [0.05, 0.1) is 18.3 Å². The Bertz CT molecular complexity index is 1140. The second kappa shape index (κ2) is 8.30. The third-order valence-corrected chi connectivity index (χ3v) is 5.92. The number of carbonyl (C=O) groups is 2. The highest BCUT2D eigenvalue weighted by Gasteiger charge is 2.40. The van der Waals surface area contributed by atoms with Crippen molar-refractivity contribution in [3.63, 3.8) is 0 Å². The van der Waals surface area contributed by atoms with Gasteiger partial charge in [0, 0.05) is 36.5 Å². The van der Waals surface area contributed by atoms with Crippen LogP contribution >= 0.6 is 0 Å². The second-order valence-electron chi connectivity index (χ2n) is 7.70. The molecule has 2 unspecified atom stereocenters. The highest BCUT2D eigenvalue weighted by atomic mass is 19.1. The molecule has 1 aromatic carbocycles. The molecule has 8 nitrogen and oxygen atoms in total. The smallest absolute Gasteiger partial charge is 0.257 e. The molecule has 11 heteroatoms. The normalized spacial score (nSPS) is 19.8. The number of benzene rings is 1. The molecule has 1 saturated heterocycles. The van der Waals surface area contributed by atoms with Crippen LogP contribution in [-0.4, -0.2) is 46.3 Å². The maximum atomic E-state index is 13.9. The van der Waals surface area contributed by atoms with Crippen LogP contribution in [-0.2, 0) is 22.5 Å². The quantitative estimate of drug-likeness (QED) is 0.672. The molecule has 4 rings (SSSR count). The Morgan fingerprint density at radius 3 is 2.66 bits per heavy atom. The van der Waals surface area contributed by atoms with Crippen LogP contribution in [0.25, 0.3) is 0 Å². The summed E-state index contributed by atoms with van der Waals surface area (Å²) < 4.78 is 48.2. The monoisotopic (exact) mass is 451 g/mol. The van der Waals surface area contributed by atoms with Gasteiger partial charge in [-0.05, 0) is 19.8 Å². The molecule has 2 atom stereocenters. The van der Waals surface area contributed by atoms with Crippen LogP contribution in [0.3, 0.4) is 0 Å². The van der Waals surface area contributed by atoms with Crippen LogP contribution in [0.5, 0.6) is 5.75 Å². The molecule has 170 valence electrons. The van der Waals surface area contributed by atoms with E-state index in [1.54, 1.807) is 4.57 Å². The summed E-state index contributed by atoms with van der Waals surface area (Å²) in [5.41, 5.74) is -1.28. The summed E-state index contributed by atoms with van der Waals surface area (Å²) in [5.74, 6) is -5.02. The van der Waals surface area contributed by atoms with E-state index in [0.29, 0.717) is 43.8 Å². The average molecular weight is 451 g/mol. The van der Waals surface area contributed by atoms with Crippen LogP contribution in [0.2, 0.25) is 0 Å². The average Bonchev–Trinajstić information content (AvgIpc) is 3.38. The van der Waals surface area contributed by atoms with Gasteiger partial charge in [0.1, 0.15) is 23.0 Å². The lowest BCUT2D eigenvalue weighted by Gasteiger charge is -2.28. The van der Waals surface area contributed by atoms with Gasteiger partial charge in [0.25, 0.3) is 5.91 Å². The number of rotatable bonds is 5. The van der Waals surface area contributed by atoms with Crippen molar-refractivity contribution < 1.29 is 32.6 Å².